The fraction of sp³-hybridized carbons (Fsp3) is 0.462. The van der Waals surface area contributed by atoms with E-state index in [-0.39, 0.29) is 12.0 Å². The van der Waals surface area contributed by atoms with Crippen molar-refractivity contribution in [3.63, 3.8) is 0 Å². The highest BCUT2D eigenvalue weighted by molar-refractivity contribution is 9.10. The Hall–Kier alpha value is -0.910. The van der Waals surface area contributed by atoms with Crippen LogP contribution in [0.5, 0.6) is 0 Å². The number of hydrogen-bond acceptors (Lipinski definition) is 3. The molecule has 0 aliphatic heterocycles. The van der Waals surface area contributed by atoms with Crippen molar-refractivity contribution >= 4 is 21.8 Å². The van der Waals surface area contributed by atoms with E-state index in [4.69, 9.17) is 5.73 Å². The first-order chi connectivity index (χ1) is 8.41. The van der Waals surface area contributed by atoms with Crippen molar-refractivity contribution in [1.29, 1.82) is 0 Å². The van der Waals surface area contributed by atoms with Gasteiger partial charge in [-0.25, -0.2) is 0 Å². The van der Waals surface area contributed by atoms with Crippen LogP contribution in [-0.2, 0) is 4.79 Å². The molecule has 100 valence electrons. The van der Waals surface area contributed by atoms with Gasteiger partial charge in [0.1, 0.15) is 6.04 Å². The number of aliphatic hydroxyl groups is 1. The van der Waals surface area contributed by atoms with Gasteiger partial charge in [-0.1, -0.05) is 28.1 Å². The Morgan fingerprint density at radius 1 is 1.56 bits per heavy atom. The molecule has 0 aliphatic carbocycles. The fourth-order valence-corrected chi connectivity index (χ4v) is 2.25. The van der Waals surface area contributed by atoms with Gasteiger partial charge in [0.05, 0.1) is 6.10 Å². The molecule has 0 saturated carbocycles. The molecule has 0 fully saturated rings. The maximum absolute atomic E-state index is 11.6. The third kappa shape index (κ3) is 4.40. The Balaban J connectivity index is 2.86. The molecule has 0 radical (unpaired) electrons. The van der Waals surface area contributed by atoms with Gasteiger partial charge < -0.3 is 10.8 Å². The van der Waals surface area contributed by atoms with Gasteiger partial charge in [0, 0.05) is 11.0 Å². The number of nitrogens with two attached hydrogens (primary N) is 1. The zero-order valence-electron chi connectivity index (χ0n) is 10.6. The molecule has 0 bridgehead atoms. The largest absolute Gasteiger partial charge is 0.393 e. The molecule has 5 heteroatoms. The zero-order valence-corrected chi connectivity index (χ0v) is 12.2. The summed E-state index contributed by atoms with van der Waals surface area (Å²) < 4.78 is 0.912. The van der Waals surface area contributed by atoms with Crippen LogP contribution in [0, 0.1) is 0 Å². The molecule has 0 heterocycles. The highest BCUT2D eigenvalue weighted by Crippen LogP contribution is 2.22. The number of amides is 1. The molecule has 0 aliphatic rings. The Labute approximate surface area is 116 Å². The van der Waals surface area contributed by atoms with Crippen LogP contribution >= 0.6 is 15.9 Å². The average Bonchev–Trinajstić information content (AvgIpc) is 2.26. The minimum absolute atomic E-state index is 0.386. The minimum atomic E-state index is -0.471. The number of aliphatic hydroxyl groups excluding tert-OH is 1. The summed E-state index contributed by atoms with van der Waals surface area (Å²) in [5.74, 6) is -0.388. The summed E-state index contributed by atoms with van der Waals surface area (Å²) in [5, 5.41) is 9.29. The summed E-state index contributed by atoms with van der Waals surface area (Å²) in [5.41, 5.74) is 6.32. The van der Waals surface area contributed by atoms with Crippen LogP contribution in [0.25, 0.3) is 0 Å². The van der Waals surface area contributed by atoms with Crippen LogP contribution in [-0.4, -0.2) is 35.6 Å². The van der Waals surface area contributed by atoms with E-state index in [9.17, 15) is 9.90 Å². The van der Waals surface area contributed by atoms with Gasteiger partial charge >= 0.3 is 0 Å². The summed E-state index contributed by atoms with van der Waals surface area (Å²) >= 11 is 3.38. The molecule has 0 saturated heterocycles. The lowest BCUT2D eigenvalue weighted by Crippen LogP contribution is -2.36. The molecule has 1 aromatic carbocycles. The monoisotopic (exact) mass is 314 g/mol. The van der Waals surface area contributed by atoms with Gasteiger partial charge in [0.15, 0.2) is 0 Å². The lowest BCUT2D eigenvalue weighted by Gasteiger charge is -2.26. The number of primary amides is 1. The first-order valence-electron chi connectivity index (χ1n) is 5.85. The lowest BCUT2D eigenvalue weighted by molar-refractivity contribution is -0.123. The van der Waals surface area contributed by atoms with Crippen molar-refractivity contribution in [3.05, 3.63) is 34.3 Å². The van der Waals surface area contributed by atoms with Crippen LogP contribution in [0.2, 0.25) is 0 Å². The number of likely N-dealkylation sites (N-methyl/N-ethyl adjacent to an activating group) is 1. The maximum Gasteiger partial charge on any atom is 0.239 e. The van der Waals surface area contributed by atoms with Crippen LogP contribution < -0.4 is 5.73 Å². The molecule has 18 heavy (non-hydrogen) atoms. The van der Waals surface area contributed by atoms with Gasteiger partial charge in [0.25, 0.3) is 0 Å². The fourth-order valence-electron chi connectivity index (χ4n) is 1.83. The van der Waals surface area contributed by atoms with Crippen molar-refractivity contribution in [2.45, 2.75) is 25.5 Å². The number of carbonyl (C=O) groups is 1. The summed E-state index contributed by atoms with van der Waals surface area (Å²) in [4.78, 5) is 13.5. The quantitative estimate of drug-likeness (QED) is 0.839. The molecular formula is C13H19BrN2O2. The predicted molar refractivity (Wildman–Crippen MR) is 75.0 cm³/mol. The highest BCUT2D eigenvalue weighted by Gasteiger charge is 2.22. The standard InChI is InChI=1S/C13H19BrN2O2/c1-9(17)6-7-16(2)12(13(15)18)10-4-3-5-11(14)8-10/h3-5,8-9,12,17H,6-7H2,1-2H3,(H2,15,18). The molecule has 2 unspecified atom stereocenters. The van der Waals surface area contributed by atoms with E-state index in [2.05, 4.69) is 15.9 Å². The van der Waals surface area contributed by atoms with Crippen molar-refractivity contribution < 1.29 is 9.90 Å². The Bertz CT molecular complexity index is 410. The second kappa shape index (κ2) is 6.87. The van der Waals surface area contributed by atoms with Crippen molar-refractivity contribution in [1.82, 2.24) is 4.90 Å². The Morgan fingerprint density at radius 2 is 2.22 bits per heavy atom. The molecule has 0 spiro atoms. The van der Waals surface area contributed by atoms with Gasteiger partial charge in [0.2, 0.25) is 5.91 Å². The normalized spacial score (nSPS) is 14.5. The molecular weight excluding hydrogens is 296 g/mol. The van der Waals surface area contributed by atoms with Crippen molar-refractivity contribution in [3.8, 4) is 0 Å². The molecule has 4 nitrogen and oxygen atoms in total. The summed E-state index contributed by atoms with van der Waals surface area (Å²) in [6.07, 6.45) is 0.220. The predicted octanol–water partition coefficient (Wildman–Crippen LogP) is 1.68. The van der Waals surface area contributed by atoms with Crippen molar-refractivity contribution in [2.75, 3.05) is 13.6 Å². The highest BCUT2D eigenvalue weighted by atomic mass is 79.9. The molecule has 3 N–H and O–H groups in total. The van der Waals surface area contributed by atoms with Crippen LogP contribution in [0.4, 0.5) is 0 Å². The van der Waals surface area contributed by atoms with Crippen LogP contribution in [0.15, 0.2) is 28.7 Å². The van der Waals surface area contributed by atoms with E-state index in [0.29, 0.717) is 13.0 Å². The van der Waals surface area contributed by atoms with E-state index >= 15 is 0 Å². The zero-order chi connectivity index (χ0) is 13.7. The topological polar surface area (TPSA) is 66.6 Å². The SMILES string of the molecule is CC(O)CCN(C)C(C(N)=O)c1cccc(Br)c1. The third-order valence-corrected chi connectivity index (χ3v) is 3.27. The number of carbonyl (C=O) groups excluding carboxylic acids is 1. The first kappa shape index (κ1) is 15.1. The van der Waals surface area contributed by atoms with E-state index < -0.39 is 6.04 Å². The number of benzene rings is 1. The number of nitrogens with zero attached hydrogens (tertiary/aromatic N) is 1. The minimum Gasteiger partial charge on any atom is -0.393 e. The average molecular weight is 315 g/mol. The molecule has 2 atom stereocenters. The molecule has 1 aromatic rings. The van der Waals surface area contributed by atoms with E-state index in [1.165, 1.54) is 0 Å². The van der Waals surface area contributed by atoms with E-state index in [1.54, 1.807) is 6.92 Å². The maximum atomic E-state index is 11.6. The smallest absolute Gasteiger partial charge is 0.239 e. The van der Waals surface area contributed by atoms with E-state index in [0.717, 1.165) is 10.0 Å². The first-order valence-corrected chi connectivity index (χ1v) is 6.64. The Kier molecular flexibility index (Phi) is 5.78. The molecule has 0 aromatic heterocycles. The summed E-state index contributed by atoms with van der Waals surface area (Å²) in [6, 6.07) is 7.06. The second-order valence-electron chi connectivity index (χ2n) is 4.48. The number of halogens is 1. The van der Waals surface area contributed by atoms with Crippen LogP contribution in [0.1, 0.15) is 24.9 Å². The number of hydrogen-bond donors (Lipinski definition) is 2. The number of rotatable bonds is 6. The Morgan fingerprint density at radius 3 is 2.72 bits per heavy atom. The molecule has 1 rings (SSSR count). The summed E-state index contributed by atoms with van der Waals surface area (Å²) in [6.45, 7) is 2.34. The summed E-state index contributed by atoms with van der Waals surface area (Å²) in [7, 11) is 1.83. The third-order valence-electron chi connectivity index (χ3n) is 2.77. The van der Waals surface area contributed by atoms with Crippen molar-refractivity contribution in [2.24, 2.45) is 5.73 Å². The van der Waals surface area contributed by atoms with Gasteiger partial charge in [-0.15, -0.1) is 0 Å². The van der Waals surface area contributed by atoms with Gasteiger partial charge in [-0.3, -0.25) is 9.69 Å². The van der Waals surface area contributed by atoms with Gasteiger partial charge in [-0.2, -0.15) is 0 Å². The van der Waals surface area contributed by atoms with Crippen LogP contribution in [0.3, 0.4) is 0 Å². The van der Waals surface area contributed by atoms with Gasteiger partial charge in [-0.05, 0) is 38.1 Å². The lowest BCUT2D eigenvalue weighted by atomic mass is 10.0. The molecule has 1 amide bonds. The second-order valence-corrected chi connectivity index (χ2v) is 5.39. The van der Waals surface area contributed by atoms with E-state index in [1.807, 2.05) is 36.2 Å².